The number of aromatic nitrogens is 3. The van der Waals surface area contributed by atoms with Crippen LogP contribution < -0.4 is 10.1 Å². The van der Waals surface area contributed by atoms with Gasteiger partial charge in [0.05, 0.1) is 10.9 Å². The van der Waals surface area contributed by atoms with Crippen molar-refractivity contribution in [2.45, 2.75) is 6.92 Å². The number of rotatable bonds is 1. The SMILES string of the molecule is Cc1cn2c(=O)c3ccccc3[nH]c2c1-[n+]1ccccc1. The van der Waals surface area contributed by atoms with E-state index in [2.05, 4.69) is 4.98 Å². The van der Waals surface area contributed by atoms with Crippen LogP contribution in [-0.2, 0) is 0 Å². The van der Waals surface area contributed by atoms with Gasteiger partial charge in [-0.3, -0.25) is 9.20 Å². The number of nitrogens with zero attached hydrogens (tertiary/aromatic N) is 2. The zero-order chi connectivity index (χ0) is 14.4. The molecule has 1 N–H and O–H groups in total. The van der Waals surface area contributed by atoms with Crippen molar-refractivity contribution in [1.82, 2.24) is 9.38 Å². The highest BCUT2D eigenvalue weighted by atomic mass is 16.1. The van der Waals surface area contributed by atoms with E-state index in [-0.39, 0.29) is 5.56 Å². The predicted molar refractivity (Wildman–Crippen MR) is 81.8 cm³/mol. The number of aryl methyl sites for hydroxylation is 1. The van der Waals surface area contributed by atoms with Crippen LogP contribution in [0, 0.1) is 6.92 Å². The molecule has 0 bridgehead atoms. The van der Waals surface area contributed by atoms with Crippen molar-refractivity contribution >= 4 is 16.6 Å². The molecule has 0 atom stereocenters. The van der Waals surface area contributed by atoms with Crippen LogP contribution >= 0.6 is 0 Å². The minimum absolute atomic E-state index is 0.00484. The van der Waals surface area contributed by atoms with Crippen molar-refractivity contribution in [3.8, 4) is 5.69 Å². The van der Waals surface area contributed by atoms with Crippen LogP contribution in [0.2, 0.25) is 0 Å². The molecule has 4 nitrogen and oxygen atoms in total. The van der Waals surface area contributed by atoms with E-state index in [1.165, 1.54) is 0 Å². The van der Waals surface area contributed by atoms with Crippen LogP contribution in [0.3, 0.4) is 0 Å². The van der Waals surface area contributed by atoms with E-state index in [1.54, 1.807) is 4.40 Å². The molecule has 0 saturated carbocycles. The summed E-state index contributed by atoms with van der Waals surface area (Å²) >= 11 is 0. The van der Waals surface area contributed by atoms with E-state index in [1.807, 2.05) is 72.5 Å². The van der Waals surface area contributed by atoms with Gasteiger partial charge in [0.15, 0.2) is 18.0 Å². The van der Waals surface area contributed by atoms with Crippen molar-refractivity contribution in [3.63, 3.8) is 0 Å². The van der Waals surface area contributed by atoms with Crippen LogP contribution in [-0.4, -0.2) is 9.38 Å². The Morgan fingerprint density at radius 2 is 1.81 bits per heavy atom. The number of para-hydroxylation sites is 1. The van der Waals surface area contributed by atoms with E-state index < -0.39 is 0 Å². The first kappa shape index (κ1) is 11.9. The van der Waals surface area contributed by atoms with Gasteiger partial charge in [-0.15, -0.1) is 0 Å². The van der Waals surface area contributed by atoms with Crippen LogP contribution in [0.25, 0.3) is 22.2 Å². The van der Waals surface area contributed by atoms with E-state index in [0.717, 1.165) is 22.4 Å². The van der Waals surface area contributed by atoms with Crippen molar-refractivity contribution in [2.24, 2.45) is 0 Å². The molecule has 4 heteroatoms. The number of aromatic amines is 1. The van der Waals surface area contributed by atoms with Crippen LogP contribution in [0.5, 0.6) is 0 Å². The van der Waals surface area contributed by atoms with Crippen molar-refractivity contribution in [1.29, 1.82) is 0 Å². The minimum Gasteiger partial charge on any atom is -0.335 e. The molecular formula is C17H14N3O+. The third-order valence-electron chi connectivity index (χ3n) is 3.76. The average Bonchev–Trinajstić information content (AvgIpc) is 2.85. The van der Waals surface area contributed by atoms with Gasteiger partial charge in [-0.25, -0.2) is 0 Å². The summed E-state index contributed by atoms with van der Waals surface area (Å²) in [5.74, 6) is 0. The summed E-state index contributed by atoms with van der Waals surface area (Å²) in [6, 6.07) is 13.5. The Kier molecular flexibility index (Phi) is 2.44. The van der Waals surface area contributed by atoms with Crippen LogP contribution in [0.4, 0.5) is 0 Å². The number of benzene rings is 1. The Labute approximate surface area is 120 Å². The molecule has 4 rings (SSSR count). The fraction of sp³-hybridized carbons (Fsp3) is 0.0588. The Morgan fingerprint density at radius 1 is 1.05 bits per heavy atom. The largest absolute Gasteiger partial charge is 0.335 e. The molecular weight excluding hydrogens is 262 g/mol. The summed E-state index contributed by atoms with van der Waals surface area (Å²) in [6.45, 7) is 2.01. The first-order chi connectivity index (χ1) is 10.3. The fourth-order valence-electron chi connectivity index (χ4n) is 2.81. The molecule has 102 valence electrons. The summed E-state index contributed by atoms with van der Waals surface area (Å²) in [4.78, 5) is 16.0. The lowest BCUT2D eigenvalue weighted by Gasteiger charge is -2.00. The highest BCUT2D eigenvalue weighted by molar-refractivity contribution is 5.81. The van der Waals surface area contributed by atoms with E-state index >= 15 is 0 Å². The van der Waals surface area contributed by atoms with E-state index in [4.69, 9.17) is 0 Å². The lowest BCUT2D eigenvalue weighted by atomic mass is 10.2. The number of fused-ring (bicyclic) bond motifs is 2. The predicted octanol–water partition coefficient (Wildman–Crippen LogP) is 2.37. The van der Waals surface area contributed by atoms with Gasteiger partial charge in [-0.05, 0) is 19.1 Å². The fourth-order valence-corrected chi connectivity index (χ4v) is 2.81. The smallest absolute Gasteiger partial charge is 0.265 e. The second-order valence-electron chi connectivity index (χ2n) is 5.14. The molecule has 3 heterocycles. The second kappa shape index (κ2) is 4.31. The zero-order valence-corrected chi connectivity index (χ0v) is 11.6. The van der Waals surface area contributed by atoms with Gasteiger partial charge in [0.1, 0.15) is 0 Å². The maximum absolute atomic E-state index is 12.6. The third kappa shape index (κ3) is 1.69. The number of nitrogens with one attached hydrogen (secondary N) is 1. The van der Waals surface area contributed by atoms with Gasteiger partial charge in [0.2, 0.25) is 0 Å². The second-order valence-corrected chi connectivity index (χ2v) is 5.14. The van der Waals surface area contributed by atoms with Gasteiger partial charge >= 0.3 is 0 Å². The van der Waals surface area contributed by atoms with Gasteiger partial charge in [0, 0.05) is 23.9 Å². The van der Waals surface area contributed by atoms with E-state index in [0.29, 0.717) is 5.39 Å². The van der Waals surface area contributed by atoms with Crippen molar-refractivity contribution < 1.29 is 4.57 Å². The molecule has 0 aliphatic heterocycles. The molecule has 0 fully saturated rings. The molecule has 0 radical (unpaired) electrons. The normalized spacial score (nSPS) is 11.3. The Morgan fingerprint density at radius 3 is 2.62 bits per heavy atom. The number of H-pyrrole nitrogens is 1. The summed E-state index contributed by atoms with van der Waals surface area (Å²) in [6.07, 6.45) is 5.85. The lowest BCUT2D eigenvalue weighted by Crippen LogP contribution is -2.30. The molecule has 3 aromatic heterocycles. The highest BCUT2D eigenvalue weighted by Gasteiger charge is 2.19. The quantitative estimate of drug-likeness (QED) is 0.533. The Balaban J connectivity index is 2.19. The Hall–Kier alpha value is -2.88. The first-order valence-corrected chi connectivity index (χ1v) is 6.85. The summed E-state index contributed by atoms with van der Waals surface area (Å²) < 4.78 is 3.71. The van der Waals surface area contributed by atoms with Crippen LogP contribution in [0.1, 0.15) is 5.56 Å². The first-order valence-electron chi connectivity index (χ1n) is 6.85. The highest BCUT2D eigenvalue weighted by Crippen LogP contribution is 2.17. The van der Waals surface area contributed by atoms with Gasteiger partial charge in [0.25, 0.3) is 11.2 Å². The molecule has 0 spiro atoms. The molecule has 1 aromatic carbocycles. The van der Waals surface area contributed by atoms with Crippen LogP contribution in [0.15, 0.2) is 65.8 Å². The maximum atomic E-state index is 12.6. The molecule has 0 aliphatic carbocycles. The number of hydrogen-bond acceptors (Lipinski definition) is 1. The number of hydrogen-bond donors (Lipinski definition) is 1. The third-order valence-corrected chi connectivity index (χ3v) is 3.76. The van der Waals surface area contributed by atoms with E-state index in [9.17, 15) is 4.79 Å². The molecule has 21 heavy (non-hydrogen) atoms. The summed E-state index contributed by atoms with van der Waals surface area (Å²) in [7, 11) is 0. The number of pyridine rings is 1. The summed E-state index contributed by atoms with van der Waals surface area (Å²) in [5.41, 5.74) is 3.72. The van der Waals surface area contributed by atoms with Crippen molar-refractivity contribution in [3.05, 3.63) is 77.0 Å². The van der Waals surface area contributed by atoms with Crippen molar-refractivity contribution in [2.75, 3.05) is 0 Å². The zero-order valence-electron chi connectivity index (χ0n) is 11.6. The average molecular weight is 276 g/mol. The Bertz CT molecular complexity index is 1010. The topological polar surface area (TPSA) is 41.1 Å². The summed E-state index contributed by atoms with van der Waals surface area (Å²) in [5, 5.41) is 0.699. The molecule has 0 aliphatic rings. The molecule has 4 aromatic rings. The monoisotopic (exact) mass is 276 g/mol. The molecule has 0 saturated heterocycles. The molecule has 0 unspecified atom stereocenters. The lowest BCUT2D eigenvalue weighted by molar-refractivity contribution is -0.594. The van der Waals surface area contributed by atoms with Gasteiger partial charge in [-0.1, -0.05) is 18.2 Å². The van der Waals surface area contributed by atoms with Gasteiger partial charge in [-0.2, -0.15) is 4.57 Å². The standard InChI is InChI=1S/C17H13N3O/c1-12-11-20-16(15(12)19-9-5-2-6-10-19)18-14-8-4-3-7-13(14)17(20)21/h2-11H,1H3/p+1. The van der Waals surface area contributed by atoms with Gasteiger partial charge < -0.3 is 4.98 Å². The minimum atomic E-state index is 0.00484. The maximum Gasteiger partial charge on any atom is 0.265 e. The molecule has 0 amide bonds.